The number of carbonyl (C=O) groups excluding carboxylic acids is 1. The van der Waals surface area contributed by atoms with E-state index in [0.717, 1.165) is 11.1 Å². The molecule has 0 fully saturated rings. The number of methoxy groups -OCH3 is 2. The molecule has 0 spiro atoms. The number of aliphatic hydroxyl groups is 1. The lowest BCUT2D eigenvalue weighted by Gasteiger charge is -2.27. The third kappa shape index (κ3) is 8.47. The lowest BCUT2D eigenvalue weighted by atomic mass is 10.0. The molecule has 7 nitrogen and oxygen atoms in total. The van der Waals surface area contributed by atoms with Gasteiger partial charge in [-0.05, 0) is 38.8 Å². The summed E-state index contributed by atoms with van der Waals surface area (Å²) in [4.78, 5) is 12.3. The summed E-state index contributed by atoms with van der Waals surface area (Å²) in [6.07, 6.45) is -0.893. The minimum atomic E-state index is -0.822. The number of hydrogen-bond donors (Lipinski definition) is 3. The Balaban J connectivity index is 2.01. The van der Waals surface area contributed by atoms with Gasteiger partial charge in [-0.15, -0.1) is 0 Å². The molecule has 2 aromatic carbocycles. The molecule has 0 aromatic heterocycles. The molecule has 2 atom stereocenters. The average Bonchev–Trinajstić information content (AvgIpc) is 2.72. The highest BCUT2D eigenvalue weighted by Gasteiger charge is 2.25. The van der Waals surface area contributed by atoms with E-state index in [1.165, 1.54) is 0 Å². The predicted molar refractivity (Wildman–Crippen MR) is 121 cm³/mol. The molecule has 2 rings (SSSR count). The number of benzene rings is 2. The summed E-state index contributed by atoms with van der Waals surface area (Å²) >= 11 is 0. The third-order valence-electron chi connectivity index (χ3n) is 4.63. The highest BCUT2D eigenvalue weighted by Crippen LogP contribution is 2.24. The number of aliphatic hydroxyl groups excluding tert-OH is 1. The largest absolute Gasteiger partial charge is 0.497 e. The van der Waals surface area contributed by atoms with Crippen LogP contribution in [0.2, 0.25) is 0 Å². The highest BCUT2D eigenvalue weighted by molar-refractivity contribution is 5.68. The van der Waals surface area contributed by atoms with E-state index in [-0.39, 0.29) is 6.54 Å². The SMILES string of the molecule is COc1ccc(CNC[C@@H](O)[C@H](Cc2ccccc2)NC(=O)OC(C)(C)C)c(OC)c1. The van der Waals surface area contributed by atoms with Crippen molar-refractivity contribution in [2.75, 3.05) is 20.8 Å². The fourth-order valence-electron chi connectivity index (χ4n) is 3.11. The quantitative estimate of drug-likeness (QED) is 0.536. The first-order valence-electron chi connectivity index (χ1n) is 10.3. The fourth-order valence-corrected chi connectivity index (χ4v) is 3.11. The normalized spacial score (nSPS) is 13.2. The summed E-state index contributed by atoms with van der Waals surface area (Å²) in [5.74, 6) is 1.42. The monoisotopic (exact) mass is 430 g/mol. The van der Waals surface area contributed by atoms with Crippen LogP contribution in [-0.2, 0) is 17.7 Å². The number of amides is 1. The van der Waals surface area contributed by atoms with Crippen LogP contribution in [0.25, 0.3) is 0 Å². The average molecular weight is 431 g/mol. The van der Waals surface area contributed by atoms with Crippen LogP contribution in [-0.4, -0.2) is 49.7 Å². The maximum Gasteiger partial charge on any atom is 0.407 e. The van der Waals surface area contributed by atoms with Gasteiger partial charge in [-0.1, -0.05) is 36.4 Å². The lowest BCUT2D eigenvalue weighted by molar-refractivity contribution is 0.0422. The molecule has 31 heavy (non-hydrogen) atoms. The smallest absolute Gasteiger partial charge is 0.407 e. The Morgan fingerprint density at radius 3 is 2.39 bits per heavy atom. The molecule has 0 aliphatic heterocycles. The van der Waals surface area contributed by atoms with Crippen LogP contribution in [0.15, 0.2) is 48.5 Å². The lowest BCUT2D eigenvalue weighted by Crippen LogP contribution is -2.49. The van der Waals surface area contributed by atoms with Crippen molar-refractivity contribution in [3.63, 3.8) is 0 Å². The zero-order valence-electron chi connectivity index (χ0n) is 19.0. The van der Waals surface area contributed by atoms with E-state index in [0.29, 0.717) is 24.5 Å². The first kappa shape index (κ1) is 24.5. The summed E-state index contributed by atoms with van der Waals surface area (Å²) in [5.41, 5.74) is 1.34. The second kappa shape index (κ2) is 11.6. The molecule has 0 aliphatic rings. The maximum atomic E-state index is 12.3. The van der Waals surface area contributed by atoms with Crippen LogP contribution in [0.1, 0.15) is 31.9 Å². The molecule has 1 amide bonds. The van der Waals surface area contributed by atoms with Gasteiger partial charge in [-0.3, -0.25) is 0 Å². The molecule has 0 radical (unpaired) electrons. The van der Waals surface area contributed by atoms with E-state index < -0.39 is 23.8 Å². The molecule has 0 bridgehead atoms. The Morgan fingerprint density at radius 2 is 1.77 bits per heavy atom. The van der Waals surface area contributed by atoms with Crippen LogP contribution in [0.3, 0.4) is 0 Å². The molecule has 0 aliphatic carbocycles. The Kier molecular flexibility index (Phi) is 9.15. The zero-order chi connectivity index (χ0) is 22.9. The first-order valence-corrected chi connectivity index (χ1v) is 10.3. The Bertz CT molecular complexity index is 820. The van der Waals surface area contributed by atoms with Gasteiger partial charge in [-0.25, -0.2) is 4.79 Å². The molecular weight excluding hydrogens is 396 g/mol. The highest BCUT2D eigenvalue weighted by atomic mass is 16.6. The van der Waals surface area contributed by atoms with E-state index in [2.05, 4.69) is 10.6 Å². The van der Waals surface area contributed by atoms with Crippen molar-refractivity contribution >= 4 is 6.09 Å². The number of alkyl carbamates (subject to hydrolysis) is 1. The Labute approximate surface area is 184 Å². The van der Waals surface area contributed by atoms with Gasteiger partial charge in [0.05, 0.1) is 26.4 Å². The maximum absolute atomic E-state index is 12.3. The molecule has 7 heteroatoms. The van der Waals surface area contributed by atoms with Gasteiger partial charge in [-0.2, -0.15) is 0 Å². The van der Waals surface area contributed by atoms with Crippen LogP contribution in [0.4, 0.5) is 4.79 Å². The Morgan fingerprint density at radius 1 is 1.06 bits per heavy atom. The van der Waals surface area contributed by atoms with Crippen molar-refractivity contribution < 1.29 is 24.1 Å². The van der Waals surface area contributed by atoms with Gasteiger partial charge >= 0.3 is 6.09 Å². The molecule has 0 saturated carbocycles. The number of rotatable bonds is 10. The second-order valence-corrected chi connectivity index (χ2v) is 8.32. The van der Waals surface area contributed by atoms with Crippen molar-refractivity contribution in [3.8, 4) is 11.5 Å². The minimum absolute atomic E-state index is 0.280. The summed E-state index contributed by atoms with van der Waals surface area (Å²) < 4.78 is 16.0. The zero-order valence-corrected chi connectivity index (χ0v) is 19.0. The van der Waals surface area contributed by atoms with Gasteiger partial charge in [0.2, 0.25) is 0 Å². The minimum Gasteiger partial charge on any atom is -0.497 e. The van der Waals surface area contributed by atoms with Crippen LogP contribution >= 0.6 is 0 Å². The number of nitrogens with one attached hydrogen (secondary N) is 2. The molecule has 0 saturated heterocycles. The van der Waals surface area contributed by atoms with Gasteiger partial charge in [0.15, 0.2) is 0 Å². The van der Waals surface area contributed by atoms with Gasteiger partial charge in [0.25, 0.3) is 0 Å². The van der Waals surface area contributed by atoms with Gasteiger partial charge < -0.3 is 30.0 Å². The standard InChI is InChI=1S/C24H34N2O5/c1-24(2,3)31-23(28)26-20(13-17-9-7-6-8-10-17)21(27)16-25-15-18-11-12-19(29-4)14-22(18)30-5/h6-12,14,20-21,25,27H,13,15-16H2,1-5H3,(H,26,28)/t20-,21+/m0/s1. The van der Waals surface area contributed by atoms with Crippen molar-refractivity contribution in [2.45, 2.75) is 51.5 Å². The molecule has 3 N–H and O–H groups in total. The number of hydrogen-bond acceptors (Lipinski definition) is 6. The number of ether oxygens (including phenoxy) is 3. The van der Waals surface area contributed by atoms with E-state index in [9.17, 15) is 9.90 Å². The summed E-state index contributed by atoms with van der Waals surface area (Å²) in [6, 6.07) is 14.8. The second-order valence-electron chi connectivity index (χ2n) is 8.32. The molecular formula is C24H34N2O5. The van der Waals surface area contributed by atoms with E-state index in [1.54, 1.807) is 35.0 Å². The van der Waals surface area contributed by atoms with Crippen molar-refractivity contribution in [1.82, 2.24) is 10.6 Å². The fraction of sp³-hybridized carbons (Fsp3) is 0.458. The van der Waals surface area contributed by atoms with E-state index >= 15 is 0 Å². The van der Waals surface area contributed by atoms with Crippen molar-refractivity contribution in [3.05, 3.63) is 59.7 Å². The molecule has 0 unspecified atom stereocenters. The van der Waals surface area contributed by atoms with Gasteiger partial charge in [0.1, 0.15) is 17.1 Å². The van der Waals surface area contributed by atoms with Crippen molar-refractivity contribution in [1.29, 1.82) is 0 Å². The van der Waals surface area contributed by atoms with Crippen LogP contribution in [0.5, 0.6) is 11.5 Å². The van der Waals surface area contributed by atoms with Crippen molar-refractivity contribution in [2.24, 2.45) is 0 Å². The summed E-state index contributed by atoms with van der Waals surface area (Å²) in [5, 5.41) is 16.9. The molecule has 2 aromatic rings. The summed E-state index contributed by atoms with van der Waals surface area (Å²) in [6.45, 7) is 6.19. The predicted octanol–water partition coefficient (Wildman–Crippen LogP) is 3.29. The molecule has 0 heterocycles. The van der Waals surface area contributed by atoms with Crippen LogP contribution < -0.4 is 20.1 Å². The van der Waals surface area contributed by atoms with E-state index in [1.807, 2.05) is 48.5 Å². The topological polar surface area (TPSA) is 89.1 Å². The summed E-state index contributed by atoms with van der Waals surface area (Å²) in [7, 11) is 3.21. The Hall–Kier alpha value is -2.77. The molecule has 170 valence electrons. The van der Waals surface area contributed by atoms with Crippen LogP contribution in [0, 0.1) is 0 Å². The van der Waals surface area contributed by atoms with Gasteiger partial charge in [0, 0.05) is 24.7 Å². The van der Waals surface area contributed by atoms with E-state index in [4.69, 9.17) is 14.2 Å². The third-order valence-corrected chi connectivity index (χ3v) is 4.63. The number of carbonyl (C=O) groups is 1. The first-order chi connectivity index (χ1) is 14.7.